The van der Waals surface area contributed by atoms with E-state index in [1.807, 2.05) is 30.3 Å². The minimum absolute atomic E-state index is 0.0815. The summed E-state index contributed by atoms with van der Waals surface area (Å²) in [5, 5.41) is 13.2. The van der Waals surface area contributed by atoms with Crippen LogP contribution in [0.1, 0.15) is 25.7 Å². The van der Waals surface area contributed by atoms with Crippen molar-refractivity contribution in [3.63, 3.8) is 0 Å². The highest BCUT2D eigenvalue weighted by Gasteiger charge is 2.15. The molecule has 0 aliphatic carbocycles. The second-order valence-corrected chi connectivity index (χ2v) is 5.43. The lowest BCUT2D eigenvalue weighted by atomic mass is 10.1. The summed E-state index contributed by atoms with van der Waals surface area (Å²) >= 11 is 0. The molecule has 1 amide bonds. The zero-order chi connectivity index (χ0) is 14.5. The number of amides is 1. The molecule has 3 N–H and O–H groups in total. The van der Waals surface area contributed by atoms with E-state index in [0.717, 1.165) is 29.9 Å². The van der Waals surface area contributed by atoms with E-state index >= 15 is 0 Å². The fourth-order valence-corrected chi connectivity index (χ4v) is 2.68. The van der Waals surface area contributed by atoms with Crippen molar-refractivity contribution in [1.29, 1.82) is 0 Å². The maximum Gasteiger partial charge on any atom is 0.224 e. The first-order valence-electron chi connectivity index (χ1n) is 7.44. The molecule has 0 saturated carbocycles. The molecule has 1 saturated heterocycles. The molecule has 3 rings (SSSR count). The molecule has 0 spiro atoms. The van der Waals surface area contributed by atoms with E-state index in [2.05, 4.69) is 20.8 Å². The summed E-state index contributed by atoms with van der Waals surface area (Å²) < 4.78 is 0. The summed E-state index contributed by atoms with van der Waals surface area (Å²) in [7, 11) is 0. The first-order chi connectivity index (χ1) is 10.3. The number of aromatic amines is 1. The van der Waals surface area contributed by atoms with Gasteiger partial charge in [-0.3, -0.25) is 9.89 Å². The van der Waals surface area contributed by atoms with E-state index in [1.54, 1.807) is 6.20 Å². The van der Waals surface area contributed by atoms with Gasteiger partial charge < -0.3 is 10.6 Å². The molecule has 1 atom stereocenters. The molecule has 110 valence electrons. The Morgan fingerprint density at radius 3 is 2.81 bits per heavy atom. The van der Waals surface area contributed by atoms with Gasteiger partial charge in [-0.05, 0) is 49.6 Å². The van der Waals surface area contributed by atoms with Gasteiger partial charge in [0.05, 0.1) is 5.69 Å². The molecule has 1 fully saturated rings. The number of carbonyl (C=O) groups excluding carboxylic acids is 1. The number of nitrogens with zero attached hydrogens (tertiary/aromatic N) is 1. The first-order valence-corrected chi connectivity index (χ1v) is 7.44. The van der Waals surface area contributed by atoms with Gasteiger partial charge in [0.2, 0.25) is 5.91 Å². The Balaban J connectivity index is 1.51. The lowest BCUT2D eigenvalue weighted by Crippen LogP contribution is -2.23. The molecule has 2 aromatic rings. The fraction of sp³-hybridized carbons (Fsp3) is 0.375. The molecule has 0 radical (unpaired) electrons. The number of hydrogen-bond donors (Lipinski definition) is 3. The van der Waals surface area contributed by atoms with Crippen molar-refractivity contribution >= 4 is 11.6 Å². The monoisotopic (exact) mass is 284 g/mol. The summed E-state index contributed by atoms with van der Waals surface area (Å²) in [6.07, 6.45) is 5.62. The number of H-pyrrole nitrogens is 1. The Bertz CT molecular complexity index is 571. The third kappa shape index (κ3) is 3.70. The molecular weight excluding hydrogens is 264 g/mol. The molecule has 0 bridgehead atoms. The van der Waals surface area contributed by atoms with Crippen molar-refractivity contribution in [2.75, 3.05) is 11.9 Å². The summed E-state index contributed by atoms with van der Waals surface area (Å²) in [6.45, 7) is 1.08. The Hall–Kier alpha value is -2.14. The Morgan fingerprint density at radius 2 is 2.14 bits per heavy atom. The topological polar surface area (TPSA) is 69.8 Å². The van der Waals surface area contributed by atoms with Gasteiger partial charge in [-0.1, -0.05) is 12.1 Å². The van der Waals surface area contributed by atoms with Crippen molar-refractivity contribution in [2.24, 2.45) is 0 Å². The highest BCUT2D eigenvalue weighted by atomic mass is 16.1. The smallest absolute Gasteiger partial charge is 0.224 e. The number of hydrogen-bond acceptors (Lipinski definition) is 3. The number of aromatic nitrogens is 2. The number of carbonyl (C=O) groups is 1. The van der Waals surface area contributed by atoms with Gasteiger partial charge >= 0.3 is 0 Å². The minimum atomic E-state index is 0.0815. The molecule has 1 unspecified atom stereocenters. The van der Waals surface area contributed by atoms with Crippen LogP contribution in [0.15, 0.2) is 36.5 Å². The van der Waals surface area contributed by atoms with Gasteiger partial charge in [-0.25, -0.2) is 0 Å². The molecule has 1 aliphatic heterocycles. The minimum Gasteiger partial charge on any atom is -0.326 e. The van der Waals surface area contributed by atoms with Gasteiger partial charge in [0.25, 0.3) is 0 Å². The predicted octanol–water partition coefficient (Wildman–Crippen LogP) is 2.55. The van der Waals surface area contributed by atoms with Crippen LogP contribution in [-0.4, -0.2) is 28.7 Å². The molecule has 5 nitrogen and oxygen atoms in total. The van der Waals surface area contributed by atoms with Gasteiger partial charge in [0.1, 0.15) is 0 Å². The number of benzene rings is 1. The third-order valence-electron chi connectivity index (χ3n) is 3.86. The lowest BCUT2D eigenvalue weighted by molar-refractivity contribution is -0.116. The highest BCUT2D eigenvalue weighted by molar-refractivity contribution is 5.90. The number of nitrogens with one attached hydrogen (secondary N) is 3. The zero-order valence-electron chi connectivity index (χ0n) is 11.9. The van der Waals surface area contributed by atoms with Crippen LogP contribution >= 0.6 is 0 Å². The average molecular weight is 284 g/mol. The summed E-state index contributed by atoms with van der Waals surface area (Å²) in [5.41, 5.74) is 2.86. The van der Waals surface area contributed by atoms with Crippen molar-refractivity contribution in [1.82, 2.24) is 15.5 Å². The van der Waals surface area contributed by atoms with Crippen LogP contribution < -0.4 is 10.6 Å². The van der Waals surface area contributed by atoms with Crippen molar-refractivity contribution in [3.8, 4) is 11.3 Å². The molecule has 1 aliphatic rings. The maximum absolute atomic E-state index is 11.9. The second-order valence-electron chi connectivity index (χ2n) is 5.43. The van der Waals surface area contributed by atoms with Crippen molar-refractivity contribution in [3.05, 3.63) is 36.5 Å². The summed E-state index contributed by atoms with van der Waals surface area (Å²) in [4.78, 5) is 11.9. The van der Waals surface area contributed by atoms with Crippen LogP contribution in [0.2, 0.25) is 0 Å². The van der Waals surface area contributed by atoms with Crippen LogP contribution in [0, 0.1) is 0 Å². The van der Waals surface area contributed by atoms with Gasteiger partial charge in [0.15, 0.2) is 0 Å². The summed E-state index contributed by atoms with van der Waals surface area (Å²) in [6, 6.07) is 10.2. The SMILES string of the molecule is O=C(CCC1CCCN1)Nc1ccc(-c2ccn[nH]2)cc1. The molecule has 5 heteroatoms. The molecule has 21 heavy (non-hydrogen) atoms. The number of anilines is 1. The van der Waals surface area contributed by atoms with Crippen LogP contribution in [-0.2, 0) is 4.79 Å². The highest BCUT2D eigenvalue weighted by Crippen LogP contribution is 2.19. The molecule has 1 aromatic heterocycles. The number of rotatable bonds is 5. The van der Waals surface area contributed by atoms with E-state index in [4.69, 9.17) is 0 Å². The Kier molecular flexibility index (Phi) is 4.31. The second kappa shape index (κ2) is 6.54. The van der Waals surface area contributed by atoms with Gasteiger partial charge in [-0.15, -0.1) is 0 Å². The van der Waals surface area contributed by atoms with E-state index in [0.29, 0.717) is 12.5 Å². The van der Waals surface area contributed by atoms with Gasteiger partial charge in [0, 0.05) is 24.3 Å². The van der Waals surface area contributed by atoms with Crippen molar-refractivity contribution < 1.29 is 4.79 Å². The van der Waals surface area contributed by atoms with E-state index in [-0.39, 0.29) is 5.91 Å². The molecular formula is C16H20N4O. The predicted molar refractivity (Wildman–Crippen MR) is 82.9 cm³/mol. The van der Waals surface area contributed by atoms with E-state index in [1.165, 1.54) is 12.8 Å². The van der Waals surface area contributed by atoms with Crippen molar-refractivity contribution in [2.45, 2.75) is 31.7 Å². The fourth-order valence-electron chi connectivity index (χ4n) is 2.68. The van der Waals surface area contributed by atoms with Gasteiger partial charge in [-0.2, -0.15) is 5.10 Å². The Labute approximate surface area is 124 Å². The zero-order valence-corrected chi connectivity index (χ0v) is 11.9. The van der Waals surface area contributed by atoms with E-state index < -0.39 is 0 Å². The normalized spacial score (nSPS) is 17.8. The van der Waals surface area contributed by atoms with Crippen LogP contribution in [0.25, 0.3) is 11.3 Å². The molecule has 2 heterocycles. The molecule has 1 aromatic carbocycles. The standard InChI is InChI=1S/C16H20N4O/c21-16(8-7-13-2-1-10-17-13)19-14-5-3-12(4-6-14)15-9-11-18-20-15/h3-6,9,11,13,17H,1-2,7-8,10H2,(H,18,20)(H,19,21). The average Bonchev–Trinajstić information content (AvgIpc) is 3.19. The van der Waals surface area contributed by atoms with Crippen LogP contribution in [0.4, 0.5) is 5.69 Å². The largest absolute Gasteiger partial charge is 0.326 e. The van der Waals surface area contributed by atoms with Crippen LogP contribution in [0.3, 0.4) is 0 Å². The Morgan fingerprint density at radius 1 is 1.29 bits per heavy atom. The lowest BCUT2D eigenvalue weighted by Gasteiger charge is -2.10. The maximum atomic E-state index is 11.9. The van der Waals surface area contributed by atoms with E-state index in [9.17, 15) is 4.79 Å². The first kappa shape index (κ1) is 13.8. The summed E-state index contributed by atoms with van der Waals surface area (Å²) in [5.74, 6) is 0.0815. The quantitative estimate of drug-likeness (QED) is 0.790. The van der Waals surface area contributed by atoms with Crippen LogP contribution in [0.5, 0.6) is 0 Å². The third-order valence-corrected chi connectivity index (χ3v) is 3.86.